The highest BCUT2D eigenvalue weighted by molar-refractivity contribution is 6.06. The minimum atomic E-state index is -0.370. The van der Waals surface area contributed by atoms with Crippen LogP contribution in [0.5, 0.6) is 0 Å². The highest BCUT2D eigenvalue weighted by atomic mass is 35.5. The first-order valence-corrected chi connectivity index (χ1v) is 8.23. The molecular formula is C19H22ClN3O3. The lowest BCUT2D eigenvalue weighted by Crippen LogP contribution is -2.26. The summed E-state index contributed by atoms with van der Waals surface area (Å²) >= 11 is 0. The summed E-state index contributed by atoms with van der Waals surface area (Å²) in [7, 11) is 0. The second-order valence-corrected chi connectivity index (χ2v) is 6.10. The van der Waals surface area contributed by atoms with E-state index in [0.29, 0.717) is 29.2 Å². The minimum absolute atomic E-state index is 0. The molecule has 1 saturated heterocycles. The highest BCUT2D eigenvalue weighted by Gasteiger charge is 2.23. The summed E-state index contributed by atoms with van der Waals surface area (Å²) in [5.74, 6) is -0.356. The average molecular weight is 376 g/mol. The van der Waals surface area contributed by atoms with Gasteiger partial charge in [-0.05, 0) is 61.7 Å². The van der Waals surface area contributed by atoms with Crippen molar-refractivity contribution in [2.45, 2.75) is 25.9 Å². The van der Waals surface area contributed by atoms with Gasteiger partial charge in [0.1, 0.15) is 6.10 Å². The monoisotopic (exact) mass is 375 g/mol. The van der Waals surface area contributed by atoms with Crippen molar-refractivity contribution in [3.05, 3.63) is 53.6 Å². The molecule has 138 valence electrons. The van der Waals surface area contributed by atoms with Crippen LogP contribution in [0.1, 0.15) is 28.8 Å². The lowest BCUT2D eigenvalue weighted by molar-refractivity contribution is -0.124. The van der Waals surface area contributed by atoms with Gasteiger partial charge < -0.3 is 21.1 Å². The molecule has 7 heteroatoms. The van der Waals surface area contributed by atoms with Crippen LogP contribution < -0.4 is 16.4 Å². The number of benzene rings is 2. The van der Waals surface area contributed by atoms with E-state index in [1.165, 1.54) is 0 Å². The number of amides is 2. The zero-order valence-electron chi connectivity index (χ0n) is 14.5. The van der Waals surface area contributed by atoms with Gasteiger partial charge in [0.05, 0.1) is 0 Å². The Labute approximate surface area is 158 Å². The maximum Gasteiger partial charge on any atom is 0.256 e. The molecule has 4 N–H and O–H groups in total. The maximum atomic E-state index is 12.4. The van der Waals surface area contributed by atoms with Gasteiger partial charge in [-0.15, -0.1) is 12.4 Å². The van der Waals surface area contributed by atoms with Gasteiger partial charge in [0.2, 0.25) is 0 Å². The third-order valence-corrected chi connectivity index (χ3v) is 4.14. The summed E-state index contributed by atoms with van der Waals surface area (Å²) in [6.45, 7) is 2.49. The quantitative estimate of drug-likeness (QED) is 0.714. The third kappa shape index (κ3) is 4.74. The summed E-state index contributed by atoms with van der Waals surface area (Å²) < 4.78 is 5.35. The molecule has 0 aliphatic carbocycles. The predicted molar refractivity (Wildman–Crippen MR) is 105 cm³/mol. The van der Waals surface area contributed by atoms with Crippen molar-refractivity contribution >= 4 is 41.3 Å². The van der Waals surface area contributed by atoms with Gasteiger partial charge in [-0.25, -0.2) is 0 Å². The molecule has 1 aliphatic rings. The van der Waals surface area contributed by atoms with Crippen molar-refractivity contribution in [3.8, 4) is 0 Å². The lowest BCUT2D eigenvalue weighted by Gasteiger charge is -2.12. The molecule has 1 unspecified atom stereocenters. The molecule has 1 fully saturated rings. The first-order chi connectivity index (χ1) is 12.0. The van der Waals surface area contributed by atoms with Gasteiger partial charge in [-0.3, -0.25) is 9.59 Å². The van der Waals surface area contributed by atoms with Crippen molar-refractivity contribution in [1.82, 2.24) is 0 Å². The molecule has 2 aromatic rings. The van der Waals surface area contributed by atoms with Crippen molar-refractivity contribution in [2.75, 3.05) is 23.0 Å². The number of nitrogen functional groups attached to an aromatic ring is 1. The Kier molecular flexibility index (Phi) is 6.60. The number of aryl methyl sites for hydroxylation is 1. The molecule has 0 radical (unpaired) electrons. The van der Waals surface area contributed by atoms with E-state index in [4.69, 9.17) is 10.5 Å². The topological polar surface area (TPSA) is 93.5 Å². The number of rotatable bonds is 4. The Morgan fingerprint density at radius 2 is 1.73 bits per heavy atom. The predicted octanol–water partition coefficient (Wildman–Crippen LogP) is 3.37. The Hall–Kier alpha value is -2.57. The molecule has 6 nitrogen and oxygen atoms in total. The van der Waals surface area contributed by atoms with Crippen LogP contribution in [0.25, 0.3) is 0 Å². The molecule has 0 spiro atoms. The van der Waals surface area contributed by atoms with Gasteiger partial charge in [0.25, 0.3) is 11.8 Å². The Morgan fingerprint density at radius 1 is 1.08 bits per heavy atom. The van der Waals surface area contributed by atoms with Gasteiger partial charge in [0, 0.05) is 29.2 Å². The normalized spacial score (nSPS) is 15.8. The number of nitrogens with two attached hydrogens (primary N) is 1. The molecule has 0 saturated carbocycles. The van der Waals surface area contributed by atoms with Crippen LogP contribution in [0.3, 0.4) is 0 Å². The fourth-order valence-electron chi connectivity index (χ4n) is 2.73. The van der Waals surface area contributed by atoms with E-state index in [2.05, 4.69) is 10.6 Å². The number of carbonyl (C=O) groups excluding carboxylic acids is 2. The fourth-order valence-corrected chi connectivity index (χ4v) is 2.73. The maximum absolute atomic E-state index is 12.4. The molecule has 1 atom stereocenters. The van der Waals surface area contributed by atoms with E-state index in [9.17, 15) is 9.59 Å². The van der Waals surface area contributed by atoms with Crippen LogP contribution in [-0.2, 0) is 9.53 Å². The Bertz CT molecular complexity index is 787. The molecule has 1 heterocycles. The molecule has 0 bridgehead atoms. The summed E-state index contributed by atoms with van der Waals surface area (Å²) in [6, 6.07) is 12.2. The van der Waals surface area contributed by atoms with Crippen LogP contribution in [0, 0.1) is 6.92 Å². The second-order valence-electron chi connectivity index (χ2n) is 6.10. The zero-order chi connectivity index (χ0) is 17.8. The summed E-state index contributed by atoms with van der Waals surface area (Å²) in [6.07, 6.45) is 1.29. The molecule has 2 aromatic carbocycles. The van der Waals surface area contributed by atoms with Crippen molar-refractivity contribution in [1.29, 1.82) is 0 Å². The smallest absolute Gasteiger partial charge is 0.256 e. The molecule has 26 heavy (non-hydrogen) atoms. The molecule has 0 aromatic heterocycles. The standard InChI is InChI=1S/C19H21N3O3.ClH/c1-12-4-5-13(20)11-16(12)18(23)21-14-6-8-15(9-7-14)22-19(24)17-3-2-10-25-17;/h4-9,11,17H,2-3,10,20H2,1H3,(H,21,23)(H,22,24);1H. The van der Waals surface area contributed by atoms with Gasteiger partial charge in [-0.1, -0.05) is 6.07 Å². The zero-order valence-corrected chi connectivity index (χ0v) is 15.3. The third-order valence-electron chi connectivity index (χ3n) is 4.14. The van der Waals surface area contributed by atoms with Crippen molar-refractivity contribution in [2.24, 2.45) is 0 Å². The summed E-state index contributed by atoms with van der Waals surface area (Å²) in [5.41, 5.74) is 8.99. The van der Waals surface area contributed by atoms with Gasteiger partial charge in [-0.2, -0.15) is 0 Å². The van der Waals surface area contributed by atoms with Crippen LogP contribution in [0.4, 0.5) is 17.1 Å². The average Bonchev–Trinajstić information content (AvgIpc) is 3.13. The highest BCUT2D eigenvalue weighted by Crippen LogP contribution is 2.19. The summed E-state index contributed by atoms with van der Waals surface area (Å²) in [5, 5.41) is 5.65. The van der Waals surface area contributed by atoms with Crippen molar-refractivity contribution in [3.63, 3.8) is 0 Å². The largest absolute Gasteiger partial charge is 0.399 e. The van der Waals surface area contributed by atoms with Gasteiger partial charge in [0.15, 0.2) is 0 Å². The van der Waals surface area contributed by atoms with E-state index in [1.54, 1.807) is 36.4 Å². The first kappa shape index (κ1) is 19.8. The van der Waals surface area contributed by atoms with Crippen LogP contribution >= 0.6 is 12.4 Å². The van der Waals surface area contributed by atoms with Crippen LogP contribution in [0.2, 0.25) is 0 Å². The lowest BCUT2D eigenvalue weighted by atomic mass is 10.1. The fraction of sp³-hybridized carbons (Fsp3) is 0.263. The number of hydrogen-bond acceptors (Lipinski definition) is 4. The molecule has 2 amide bonds. The Balaban J connectivity index is 0.00000243. The minimum Gasteiger partial charge on any atom is -0.399 e. The molecule has 3 rings (SSSR count). The van der Waals surface area contributed by atoms with E-state index < -0.39 is 0 Å². The number of nitrogens with one attached hydrogen (secondary N) is 2. The van der Waals surface area contributed by atoms with Crippen LogP contribution in [0.15, 0.2) is 42.5 Å². The van der Waals surface area contributed by atoms with E-state index in [1.807, 2.05) is 13.0 Å². The van der Waals surface area contributed by atoms with Crippen LogP contribution in [-0.4, -0.2) is 24.5 Å². The summed E-state index contributed by atoms with van der Waals surface area (Å²) in [4.78, 5) is 24.4. The number of carbonyl (C=O) groups is 2. The SMILES string of the molecule is Cc1ccc(N)cc1C(=O)Nc1ccc(NC(=O)C2CCCO2)cc1.Cl. The number of hydrogen-bond donors (Lipinski definition) is 3. The number of ether oxygens (including phenoxy) is 1. The van der Waals surface area contributed by atoms with E-state index in [0.717, 1.165) is 18.4 Å². The second kappa shape index (κ2) is 8.69. The number of anilines is 3. The molecule has 1 aliphatic heterocycles. The molecular weight excluding hydrogens is 354 g/mol. The van der Waals surface area contributed by atoms with Crippen molar-refractivity contribution < 1.29 is 14.3 Å². The Morgan fingerprint density at radius 3 is 2.35 bits per heavy atom. The van der Waals surface area contributed by atoms with Gasteiger partial charge >= 0.3 is 0 Å². The number of halogens is 1. The van der Waals surface area contributed by atoms with E-state index in [-0.39, 0.29) is 30.3 Å². The first-order valence-electron chi connectivity index (χ1n) is 8.23. The van der Waals surface area contributed by atoms with E-state index >= 15 is 0 Å².